The van der Waals surface area contributed by atoms with Gasteiger partial charge in [0, 0.05) is 66.7 Å². The van der Waals surface area contributed by atoms with Gasteiger partial charge in [-0.2, -0.15) is 9.97 Å². The molecule has 7 heterocycles. The largest absolute Gasteiger partial charge is 0.492 e. The highest BCUT2D eigenvalue weighted by Gasteiger charge is 2.34. The lowest BCUT2D eigenvalue weighted by Crippen LogP contribution is -2.30. The monoisotopic (exact) mass is 1030 g/mol. The molecule has 3 unspecified atom stereocenters. The molecule has 9 aromatic rings. The first-order valence-corrected chi connectivity index (χ1v) is 26.7. The summed E-state index contributed by atoms with van der Waals surface area (Å²) in [6.45, 7) is 8.94. The SMILES string of the molecule is O=C(Nc1ccccc1)Nc1cccc(-c2cccc3nc(Nc4ccc(OCCN5CCC(C6CCN(CCOc7ccc(Nc8nc9cccc(-c%10cccc(OCC%11CCCO%11)c%10)n9n8)cc7)C6)C5)cc4)nn23)c1. The number of para-hydroxylation sites is 1. The maximum Gasteiger partial charge on any atom is 0.323 e. The van der Waals surface area contributed by atoms with E-state index in [1.807, 2.05) is 162 Å². The van der Waals surface area contributed by atoms with Crippen LogP contribution in [-0.2, 0) is 4.74 Å². The second-order valence-corrected chi connectivity index (χ2v) is 19.9. The molecule has 3 aliphatic rings. The van der Waals surface area contributed by atoms with Gasteiger partial charge in [-0.3, -0.25) is 9.80 Å². The fourth-order valence-electron chi connectivity index (χ4n) is 10.6. The summed E-state index contributed by atoms with van der Waals surface area (Å²) in [6.07, 6.45) is 4.76. The number of ether oxygens (including phenoxy) is 4. The minimum Gasteiger partial charge on any atom is -0.492 e. The van der Waals surface area contributed by atoms with Crippen LogP contribution in [0.15, 0.2) is 164 Å². The number of pyridine rings is 2. The molecule has 0 radical (unpaired) electrons. The second-order valence-electron chi connectivity index (χ2n) is 19.9. The first kappa shape index (κ1) is 49.4. The molecule has 0 aliphatic carbocycles. The molecule has 4 N–H and O–H groups in total. The molecule has 3 atom stereocenters. The quantitative estimate of drug-likeness (QED) is 0.0570. The number of hydrogen-bond acceptors (Lipinski definition) is 13. The predicted octanol–water partition coefficient (Wildman–Crippen LogP) is 10.9. The Morgan fingerprint density at radius 3 is 1.66 bits per heavy atom. The van der Waals surface area contributed by atoms with E-state index >= 15 is 0 Å². The maximum atomic E-state index is 12.7. The molecule has 5 aromatic carbocycles. The summed E-state index contributed by atoms with van der Waals surface area (Å²) in [6, 6.07) is 52.6. The van der Waals surface area contributed by atoms with Gasteiger partial charge in [0.25, 0.3) is 0 Å². The number of hydrogen-bond donors (Lipinski definition) is 4. The third-order valence-electron chi connectivity index (χ3n) is 14.6. The van der Waals surface area contributed by atoms with Gasteiger partial charge in [-0.05, 0) is 160 Å². The molecule has 4 aromatic heterocycles. The third-order valence-corrected chi connectivity index (χ3v) is 14.6. The Bertz CT molecular complexity index is 3420. The van der Waals surface area contributed by atoms with Crippen LogP contribution in [0.4, 0.5) is 39.4 Å². The Morgan fingerprint density at radius 2 is 1.08 bits per heavy atom. The zero-order chi connectivity index (χ0) is 51.8. The zero-order valence-electron chi connectivity index (χ0n) is 42.8. The lowest BCUT2D eigenvalue weighted by Gasteiger charge is -2.21. The fraction of sp³-hybridized carbons (Fsp3) is 0.283. The van der Waals surface area contributed by atoms with E-state index in [-0.39, 0.29) is 12.1 Å². The van der Waals surface area contributed by atoms with Gasteiger partial charge in [-0.1, -0.05) is 54.6 Å². The van der Waals surface area contributed by atoms with Crippen LogP contribution in [0, 0.1) is 11.8 Å². The van der Waals surface area contributed by atoms with Crippen molar-refractivity contribution in [3.63, 3.8) is 0 Å². The van der Waals surface area contributed by atoms with Gasteiger partial charge >= 0.3 is 6.03 Å². The van der Waals surface area contributed by atoms with Gasteiger partial charge in [-0.15, -0.1) is 10.2 Å². The van der Waals surface area contributed by atoms with Gasteiger partial charge in [0.05, 0.1) is 17.5 Å². The Hall–Kier alpha value is -8.51. The summed E-state index contributed by atoms with van der Waals surface area (Å²) in [5.41, 5.74) is 8.23. The standard InChI is InChI=1S/C60H62N12O5/c73-60(63-46-11-2-1-3-12-46)64-49-13-4-9-42(37-49)54-16-6-18-56-65-58(67-71(54)56)61-47-20-24-50(25-21-47)75-35-32-69-30-28-44(39-69)45-29-31-70(40-45)33-36-76-51-26-22-48(23-27-51)62-59-66-57-19-7-17-55(72(57)68-59)43-10-5-14-52(38-43)77-41-53-15-8-34-74-53/h1-7,9-14,16-27,37-38,44-45,53H,8,15,28-36,39-41H2,(H,61,67)(H,62,68)(H2,63,64,73). The molecular weight excluding hydrogens is 969 g/mol. The Balaban J connectivity index is 0.555. The minimum absolute atomic E-state index is 0.162. The van der Waals surface area contributed by atoms with Crippen molar-refractivity contribution in [2.45, 2.75) is 31.8 Å². The van der Waals surface area contributed by atoms with Gasteiger partial charge < -0.3 is 40.2 Å². The van der Waals surface area contributed by atoms with Gasteiger partial charge in [0.15, 0.2) is 11.3 Å². The van der Waals surface area contributed by atoms with Crippen molar-refractivity contribution in [3.8, 4) is 39.8 Å². The van der Waals surface area contributed by atoms with E-state index in [9.17, 15) is 4.79 Å². The van der Waals surface area contributed by atoms with Crippen LogP contribution in [0.25, 0.3) is 33.8 Å². The highest BCUT2D eigenvalue weighted by Crippen LogP contribution is 2.32. The third kappa shape index (κ3) is 12.3. The number of likely N-dealkylation sites (tertiary alicyclic amines) is 2. The lowest BCUT2D eigenvalue weighted by molar-refractivity contribution is 0.0680. The maximum absolute atomic E-state index is 12.7. The smallest absolute Gasteiger partial charge is 0.323 e. The van der Waals surface area contributed by atoms with Crippen LogP contribution in [-0.4, -0.2) is 117 Å². The number of rotatable bonds is 20. The van der Waals surface area contributed by atoms with Crippen LogP contribution in [0.3, 0.4) is 0 Å². The molecule has 17 nitrogen and oxygen atoms in total. The highest BCUT2D eigenvalue weighted by atomic mass is 16.5. The lowest BCUT2D eigenvalue weighted by atomic mass is 9.91. The summed E-state index contributed by atoms with van der Waals surface area (Å²) in [7, 11) is 0. The number of benzene rings is 5. The molecule has 0 spiro atoms. The van der Waals surface area contributed by atoms with Crippen molar-refractivity contribution in [2.75, 3.05) is 87.0 Å². The Morgan fingerprint density at radius 1 is 0.532 bits per heavy atom. The van der Waals surface area contributed by atoms with E-state index in [2.05, 4.69) is 37.1 Å². The molecule has 2 amide bonds. The van der Waals surface area contributed by atoms with Crippen molar-refractivity contribution < 1.29 is 23.7 Å². The zero-order valence-corrected chi connectivity index (χ0v) is 42.8. The minimum atomic E-state index is -0.318. The first-order chi connectivity index (χ1) is 38.0. The summed E-state index contributed by atoms with van der Waals surface area (Å²) in [5, 5.41) is 22.1. The van der Waals surface area contributed by atoms with Crippen LogP contribution < -0.4 is 35.5 Å². The molecule has 0 saturated carbocycles. The van der Waals surface area contributed by atoms with Crippen molar-refractivity contribution >= 4 is 52.0 Å². The number of carbonyl (C=O) groups is 1. The topological polar surface area (TPSA) is 169 Å². The average Bonchev–Trinajstić information content (AvgIpc) is 4.35. The van der Waals surface area contributed by atoms with Crippen LogP contribution in [0.5, 0.6) is 17.2 Å². The molecule has 12 rings (SSSR count). The number of anilines is 6. The van der Waals surface area contributed by atoms with E-state index in [1.54, 1.807) is 4.52 Å². The van der Waals surface area contributed by atoms with Crippen LogP contribution >= 0.6 is 0 Å². The van der Waals surface area contributed by atoms with E-state index in [0.717, 1.165) is 116 Å². The molecule has 0 bridgehead atoms. The van der Waals surface area contributed by atoms with E-state index in [4.69, 9.17) is 39.1 Å². The Labute approximate surface area is 447 Å². The molecule has 3 saturated heterocycles. The number of nitrogens with one attached hydrogen (secondary N) is 4. The number of amides is 2. The van der Waals surface area contributed by atoms with Crippen LogP contribution in [0.1, 0.15) is 25.7 Å². The molecule has 392 valence electrons. The van der Waals surface area contributed by atoms with Crippen molar-refractivity contribution in [1.82, 2.24) is 39.0 Å². The predicted molar refractivity (Wildman–Crippen MR) is 300 cm³/mol. The normalized spacial score (nSPS) is 17.7. The summed E-state index contributed by atoms with van der Waals surface area (Å²) >= 11 is 0. The molecular formula is C60H62N12O5. The van der Waals surface area contributed by atoms with E-state index in [0.29, 0.717) is 60.6 Å². The Kier molecular flexibility index (Phi) is 14.9. The summed E-state index contributed by atoms with van der Waals surface area (Å²) < 4.78 is 27.9. The van der Waals surface area contributed by atoms with Gasteiger partial charge in [0.1, 0.15) is 37.1 Å². The van der Waals surface area contributed by atoms with Crippen molar-refractivity contribution in [3.05, 3.63) is 164 Å². The molecule has 3 fully saturated rings. The molecule has 77 heavy (non-hydrogen) atoms. The fourth-order valence-corrected chi connectivity index (χ4v) is 10.6. The number of urea groups is 1. The number of nitrogens with zero attached hydrogens (tertiary/aromatic N) is 8. The van der Waals surface area contributed by atoms with Crippen LogP contribution in [0.2, 0.25) is 0 Å². The summed E-state index contributed by atoms with van der Waals surface area (Å²) in [4.78, 5) is 27.3. The number of aromatic nitrogens is 6. The van der Waals surface area contributed by atoms with E-state index < -0.39 is 0 Å². The number of fused-ring (bicyclic) bond motifs is 2. The molecule has 17 heteroatoms. The second kappa shape index (κ2) is 23.2. The van der Waals surface area contributed by atoms with Gasteiger partial charge in [-0.25, -0.2) is 13.8 Å². The summed E-state index contributed by atoms with van der Waals surface area (Å²) in [5.74, 6) is 4.90. The number of carbonyl (C=O) groups excluding carboxylic acids is 1. The van der Waals surface area contributed by atoms with Crippen molar-refractivity contribution in [2.24, 2.45) is 11.8 Å². The highest BCUT2D eigenvalue weighted by molar-refractivity contribution is 6.00. The molecule has 3 aliphatic heterocycles. The van der Waals surface area contributed by atoms with E-state index in [1.165, 1.54) is 12.8 Å². The van der Waals surface area contributed by atoms with Gasteiger partial charge in [0.2, 0.25) is 11.9 Å². The van der Waals surface area contributed by atoms with Crippen molar-refractivity contribution in [1.29, 1.82) is 0 Å². The average molecular weight is 1030 g/mol. The first-order valence-electron chi connectivity index (χ1n) is 26.7.